The van der Waals surface area contributed by atoms with E-state index in [2.05, 4.69) is 15.3 Å². The minimum atomic E-state index is -0.453. The Morgan fingerprint density at radius 3 is 2.90 bits per heavy atom. The van der Waals surface area contributed by atoms with Gasteiger partial charge in [0.15, 0.2) is 6.10 Å². The Morgan fingerprint density at radius 2 is 2.10 bits per heavy atom. The molecule has 0 saturated carbocycles. The van der Waals surface area contributed by atoms with Gasteiger partial charge in [0.1, 0.15) is 28.5 Å². The van der Waals surface area contributed by atoms with Gasteiger partial charge >= 0.3 is 6.09 Å². The number of anilines is 1. The first kappa shape index (κ1) is 20.2. The van der Waals surface area contributed by atoms with Crippen molar-refractivity contribution in [1.82, 2.24) is 14.9 Å². The van der Waals surface area contributed by atoms with Gasteiger partial charge in [0.05, 0.1) is 18.8 Å². The number of amides is 1. The lowest BCUT2D eigenvalue weighted by Gasteiger charge is -2.14. The van der Waals surface area contributed by atoms with Gasteiger partial charge in [-0.05, 0) is 5.56 Å². The number of ether oxygens (including phenoxy) is 2. The average molecular weight is 429 g/mol. The molecule has 30 heavy (non-hydrogen) atoms. The maximum absolute atomic E-state index is 11.8. The molecule has 1 aliphatic heterocycles. The number of cyclic esters (lactones) is 1. The SMILES string of the molecule is O=C1OC(COc2ccnc3c(NCc4ccccc4)cc(Cl)nc23)CN1CCO. The van der Waals surface area contributed by atoms with Gasteiger partial charge in [-0.2, -0.15) is 0 Å². The van der Waals surface area contributed by atoms with Crippen LogP contribution in [0.1, 0.15) is 5.56 Å². The summed E-state index contributed by atoms with van der Waals surface area (Å²) in [6.07, 6.45) is 0.757. The van der Waals surface area contributed by atoms with Crippen molar-refractivity contribution in [2.75, 3.05) is 31.6 Å². The van der Waals surface area contributed by atoms with Crippen LogP contribution >= 0.6 is 11.6 Å². The first-order chi connectivity index (χ1) is 14.6. The Balaban J connectivity index is 1.50. The third-order valence-electron chi connectivity index (χ3n) is 4.69. The predicted molar refractivity (Wildman–Crippen MR) is 113 cm³/mol. The fourth-order valence-corrected chi connectivity index (χ4v) is 3.45. The Bertz CT molecular complexity index is 1030. The third kappa shape index (κ3) is 4.55. The molecule has 1 unspecified atom stereocenters. The van der Waals surface area contributed by atoms with Crippen molar-refractivity contribution in [1.29, 1.82) is 0 Å². The zero-order chi connectivity index (χ0) is 20.9. The molecule has 4 rings (SSSR count). The minimum absolute atomic E-state index is 0.112. The van der Waals surface area contributed by atoms with Gasteiger partial charge in [0, 0.05) is 31.4 Å². The number of β-amino-alcohol motifs (C(OH)–C–C–N with tert-alkyl or cyclic N) is 1. The first-order valence-corrected chi connectivity index (χ1v) is 9.94. The van der Waals surface area contributed by atoms with E-state index in [9.17, 15) is 4.79 Å². The number of pyridine rings is 2. The Morgan fingerprint density at radius 1 is 1.27 bits per heavy atom. The van der Waals surface area contributed by atoms with Crippen LogP contribution < -0.4 is 10.1 Å². The lowest BCUT2D eigenvalue weighted by molar-refractivity contribution is 0.102. The molecule has 1 saturated heterocycles. The Hall–Kier alpha value is -3.10. The third-order valence-corrected chi connectivity index (χ3v) is 4.89. The summed E-state index contributed by atoms with van der Waals surface area (Å²) in [7, 11) is 0. The number of fused-ring (bicyclic) bond motifs is 1. The zero-order valence-corrected chi connectivity index (χ0v) is 16.9. The van der Waals surface area contributed by atoms with E-state index in [0.717, 1.165) is 11.3 Å². The molecular formula is C21H21ClN4O4. The maximum atomic E-state index is 11.8. The molecule has 2 N–H and O–H groups in total. The second-order valence-electron chi connectivity index (χ2n) is 6.82. The van der Waals surface area contributed by atoms with Crippen LogP contribution in [-0.4, -0.2) is 58.5 Å². The molecule has 0 spiro atoms. The number of hydrogen-bond donors (Lipinski definition) is 2. The highest BCUT2D eigenvalue weighted by Gasteiger charge is 2.31. The number of halogens is 1. The molecule has 1 aromatic carbocycles. The predicted octanol–water partition coefficient (Wildman–Crippen LogP) is 3.09. The molecule has 9 heteroatoms. The monoisotopic (exact) mass is 428 g/mol. The molecule has 0 radical (unpaired) electrons. The summed E-state index contributed by atoms with van der Waals surface area (Å²) >= 11 is 6.24. The molecular weight excluding hydrogens is 408 g/mol. The van der Waals surface area contributed by atoms with Crippen LogP contribution in [0.3, 0.4) is 0 Å². The average Bonchev–Trinajstić information content (AvgIpc) is 3.11. The second-order valence-corrected chi connectivity index (χ2v) is 7.21. The van der Waals surface area contributed by atoms with Gasteiger partial charge in [-0.25, -0.2) is 9.78 Å². The summed E-state index contributed by atoms with van der Waals surface area (Å²) in [6.45, 7) is 1.26. The minimum Gasteiger partial charge on any atom is -0.487 e. The Kier molecular flexibility index (Phi) is 6.15. The number of benzene rings is 1. The Labute approximate surface area is 178 Å². The van der Waals surface area contributed by atoms with Gasteiger partial charge in [0.25, 0.3) is 0 Å². The molecule has 1 aliphatic rings. The van der Waals surface area contributed by atoms with E-state index < -0.39 is 12.2 Å². The highest BCUT2D eigenvalue weighted by molar-refractivity contribution is 6.30. The summed E-state index contributed by atoms with van der Waals surface area (Å²) < 4.78 is 11.2. The van der Waals surface area contributed by atoms with Crippen LogP contribution in [0.4, 0.5) is 10.5 Å². The lowest BCUT2D eigenvalue weighted by atomic mass is 10.2. The maximum Gasteiger partial charge on any atom is 0.410 e. The number of aliphatic hydroxyl groups excluding tert-OH is 1. The second kappa shape index (κ2) is 9.15. The molecule has 1 amide bonds. The van der Waals surface area contributed by atoms with Crippen molar-refractivity contribution in [2.24, 2.45) is 0 Å². The molecule has 1 atom stereocenters. The van der Waals surface area contributed by atoms with E-state index in [1.54, 1.807) is 18.3 Å². The number of carbonyl (C=O) groups excluding carboxylic acids is 1. The van der Waals surface area contributed by atoms with Crippen LogP contribution in [0.2, 0.25) is 5.15 Å². The molecule has 156 valence electrons. The van der Waals surface area contributed by atoms with Crippen LogP contribution in [0.25, 0.3) is 11.0 Å². The normalized spacial score (nSPS) is 16.0. The molecule has 0 bridgehead atoms. The number of carbonyl (C=O) groups is 1. The quantitative estimate of drug-likeness (QED) is 0.532. The summed E-state index contributed by atoms with van der Waals surface area (Å²) in [5, 5.41) is 12.7. The highest BCUT2D eigenvalue weighted by atomic mass is 35.5. The summed E-state index contributed by atoms with van der Waals surface area (Å²) in [4.78, 5) is 22.0. The molecule has 0 aliphatic carbocycles. The first-order valence-electron chi connectivity index (χ1n) is 9.56. The largest absolute Gasteiger partial charge is 0.487 e. The van der Waals surface area contributed by atoms with E-state index >= 15 is 0 Å². The van der Waals surface area contributed by atoms with Gasteiger partial charge < -0.3 is 24.8 Å². The molecule has 3 aromatic rings. The van der Waals surface area contributed by atoms with Crippen LogP contribution in [0.5, 0.6) is 5.75 Å². The molecule has 2 aromatic heterocycles. The molecule has 3 heterocycles. The van der Waals surface area contributed by atoms with E-state index in [1.165, 1.54) is 4.90 Å². The fraction of sp³-hybridized carbons (Fsp3) is 0.286. The standard InChI is InChI=1S/C21H21ClN4O4/c22-18-10-16(24-11-14-4-2-1-3-5-14)19-20(25-18)17(6-7-23-19)29-13-15-12-26(8-9-27)21(28)30-15/h1-7,10,15,27H,8-9,11-13H2,(H,24,25). The van der Waals surface area contributed by atoms with E-state index in [1.807, 2.05) is 30.3 Å². The van der Waals surface area contributed by atoms with E-state index in [4.69, 9.17) is 26.2 Å². The number of rotatable bonds is 8. The molecule has 8 nitrogen and oxygen atoms in total. The number of nitrogens with zero attached hydrogens (tertiary/aromatic N) is 3. The van der Waals surface area contributed by atoms with Crippen molar-refractivity contribution < 1.29 is 19.4 Å². The van der Waals surface area contributed by atoms with Crippen LogP contribution in [0.15, 0.2) is 48.7 Å². The van der Waals surface area contributed by atoms with Gasteiger partial charge in [0.2, 0.25) is 0 Å². The summed E-state index contributed by atoms with van der Waals surface area (Å²) in [5.41, 5.74) is 3.04. The summed E-state index contributed by atoms with van der Waals surface area (Å²) in [6, 6.07) is 13.4. The fourth-order valence-electron chi connectivity index (χ4n) is 3.26. The summed E-state index contributed by atoms with van der Waals surface area (Å²) in [5.74, 6) is 0.502. The van der Waals surface area contributed by atoms with Crippen molar-refractivity contribution in [3.05, 3.63) is 59.4 Å². The van der Waals surface area contributed by atoms with Crippen LogP contribution in [-0.2, 0) is 11.3 Å². The van der Waals surface area contributed by atoms with E-state index in [-0.39, 0.29) is 19.8 Å². The van der Waals surface area contributed by atoms with Gasteiger partial charge in [-0.1, -0.05) is 41.9 Å². The number of hydrogen-bond acceptors (Lipinski definition) is 7. The number of aliphatic hydroxyl groups is 1. The van der Waals surface area contributed by atoms with Crippen molar-refractivity contribution >= 4 is 34.4 Å². The van der Waals surface area contributed by atoms with Gasteiger partial charge in [-0.3, -0.25) is 4.98 Å². The van der Waals surface area contributed by atoms with Gasteiger partial charge in [-0.15, -0.1) is 0 Å². The molecule has 1 fully saturated rings. The highest BCUT2D eigenvalue weighted by Crippen LogP contribution is 2.30. The smallest absolute Gasteiger partial charge is 0.410 e. The lowest BCUT2D eigenvalue weighted by Crippen LogP contribution is -2.29. The van der Waals surface area contributed by atoms with Crippen LogP contribution in [0, 0.1) is 0 Å². The topological polar surface area (TPSA) is 96.8 Å². The number of aromatic nitrogens is 2. The zero-order valence-electron chi connectivity index (χ0n) is 16.1. The van der Waals surface area contributed by atoms with Crippen molar-refractivity contribution in [3.8, 4) is 5.75 Å². The van der Waals surface area contributed by atoms with Crippen molar-refractivity contribution in [3.63, 3.8) is 0 Å². The number of nitrogens with one attached hydrogen (secondary N) is 1. The van der Waals surface area contributed by atoms with E-state index in [0.29, 0.717) is 35.0 Å². The van der Waals surface area contributed by atoms with Crippen molar-refractivity contribution in [2.45, 2.75) is 12.6 Å².